The van der Waals surface area contributed by atoms with Crippen LogP contribution >= 0.6 is 25.8 Å². The van der Waals surface area contributed by atoms with Crippen molar-refractivity contribution in [3.8, 4) is 5.88 Å². The Kier molecular flexibility index (Phi) is 11.7. The van der Waals surface area contributed by atoms with Gasteiger partial charge in [-0.05, 0) is 43.0 Å². The molecule has 5 heterocycles. The van der Waals surface area contributed by atoms with E-state index in [0.717, 1.165) is 0 Å². The molecule has 3 aromatic rings. The second kappa shape index (κ2) is 15.5. The van der Waals surface area contributed by atoms with Crippen molar-refractivity contribution >= 4 is 60.6 Å². The molecule has 2 bridgehead atoms. The van der Waals surface area contributed by atoms with Gasteiger partial charge in [-0.2, -0.15) is 4.98 Å². The Balaban J connectivity index is 1.23. The van der Waals surface area contributed by atoms with Crippen LogP contribution in [0.4, 0.5) is 5.95 Å². The van der Waals surface area contributed by atoms with Crippen molar-refractivity contribution in [3.05, 3.63) is 35.3 Å². The second-order valence-electron chi connectivity index (χ2n) is 13.3. The Morgan fingerprint density at radius 1 is 1.25 bits per heavy atom. The first-order valence-electron chi connectivity index (χ1n) is 16.1. The van der Waals surface area contributed by atoms with E-state index in [9.17, 15) is 24.2 Å². The minimum absolute atomic E-state index is 0.0362. The Bertz CT molecular complexity index is 1870. The van der Waals surface area contributed by atoms with E-state index in [-0.39, 0.29) is 53.5 Å². The van der Waals surface area contributed by atoms with E-state index in [1.54, 1.807) is 19.3 Å². The Labute approximate surface area is 302 Å². The summed E-state index contributed by atoms with van der Waals surface area (Å²) >= 11 is 9.54. The summed E-state index contributed by atoms with van der Waals surface area (Å²) < 4.78 is 50.0. The number of ether oxygens (including phenoxy) is 2. The maximum atomic E-state index is 13.6. The van der Waals surface area contributed by atoms with Crippen LogP contribution in [0.2, 0.25) is 0 Å². The third kappa shape index (κ3) is 9.41. The van der Waals surface area contributed by atoms with E-state index >= 15 is 0 Å². The quantitative estimate of drug-likeness (QED) is 0.141. The minimum atomic E-state index is -4.16. The average Bonchev–Trinajstić information content (AvgIpc) is 3.71. The lowest BCUT2D eigenvalue weighted by Gasteiger charge is -2.27. The van der Waals surface area contributed by atoms with Gasteiger partial charge in [-0.15, -0.1) is 0 Å². The molecule has 23 heteroatoms. The number of aliphatic hydroxyl groups is 1. The van der Waals surface area contributed by atoms with Gasteiger partial charge in [0.1, 0.15) is 30.7 Å². The summed E-state index contributed by atoms with van der Waals surface area (Å²) in [4.78, 5) is 55.9. The van der Waals surface area contributed by atoms with Gasteiger partial charge in [0.05, 0.1) is 25.6 Å². The van der Waals surface area contributed by atoms with Crippen LogP contribution in [0, 0.1) is 11.3 Å². The van der Waals surface area contributed by atoms with E-state index < -0.39 is 56.3 Å². The van der Waals surface area contributed by atoms with Crippen LogP contribution in [0.1, 0.15) is 45.8 Å². The molecule has 1 aliphatic carbocycles. The predicted molar refractivity (Wildman–Crippen MR) is 188 cm³/mol. The summed E-state index contributed by atoms with van der Waals surface area (Å²) in [5.41, 5.74) is -1.19. The number of fused-ring (bicyclic) bond motifs is 4. The molecule has 3 fully saturated rings. The third-order valence-corrected chi connectivity index (χ3v) is 11.9. The van der Waals surface area contributed by atoms with Gasteiger partial charge in [0.15, 0.2) is 17.4 Å². The van der Waals surface area contributed by atoms with Gasteiger partial charge < -0.3 is 38.4 Å². The van der Waals surface area contributed by atoms with Gasteiger partial charge >= 0.3 is 13.5 Å². The molecule has 51 heavy (non-hydrogen) atoms. The fourth-order valence-corrected chi connectivity index (χ4v) is 9.49. The van der Waals surface area contributed by atoms with Crippen LogP contribution in [0.5, 0.6) is 5.88 Å². The Morgan fingerprint density at radius 3 is 2.80 bits per heavy atom. The Hall–Kier alpha value is -2.39. The highest BCUT2D eigenvalue weighted by atomic mass is 32.7. The van der Waals surface area contributed by atoms with Crippen LogP contribution in [-0.2, 0) is 44.0 Å². The standard InChI is InChI=1S/C28H40N8O11P2S2/c1-28(2,12-29-3)10-19(37)33-27-34-24-21(25(39)35-27)32-14-36(24)26-23-22(38)18(45-26)11-43-49(41,51)46-17-9-16(44-20-4-6-30-13-31-20)8-15(17)5-7-42-48(40,50)47-23/h4,6,13-18,22-23,26,29,38H,5,7-12H2,1-3H3,(H,40,50)(H,41,51)(H2,33,34,35,37,39)/t15-,16+,17-,18+,22+,23+,26+,48?,49?/m0/s1. The van der Waals surface area contributed by atoms with Crippen molar-refractivity contribution in [1.82, 2.24) is 34.8 Å². The molecular formula is C28H40N8O11P2S2. The van der Waals surface area contributed by atoms with E-state index in [1.807, 2.05) is 13.8 Å². The summed E-state index contributed by atoms with van der Waals surface area (Å²) in [5, 5.41) is 17.0. The molecule has 9 atom stereocenters. The number of aromatic amines is 1. The lowest BCUT2D eigenvalue weighted by atomic mass is 9.89. The van der Waals surface area contributed by atoms with Crippen LogP contribution in [0.25, 0.3) is 11.2 Å². The smallest absolute Gasteiger partial charge is 0.386 e. The van der Waals surface area contributed by atoms with Gasteiger partial charge in [-0.3, -0.25) is 29.0 Å². The van der Waals surface area contributed by atoms with Crippen LogP contribution in [0.3, 0.4) is 0 Å². The minimum Gasteiger partial charge on any atom is -0.474 e. The number of nitrogens with zero attached hydrogens (tertiary/aromatic N) is 5. The first kappa shape index (κ1) is 38.3. The number of hydrogen-bond donors (Lipinski definition) is 6. The number of imidazole rings is 1. The number of nitrogens with one attached hydrogen (secondary N) is 3. The molecule has 3 aromatic heterocycles. The van der Waals surface area contributed by atoms with Gasteiger partial charge in [0.2, 0.25) is 17.7 Å². The largest absolute Gasteiger partial charge is 0.474 e. The molecular weight excluding hydrogens is 750 g/mol. The molecule has 2 saturated heterocycles. The molecule has 2 aliphatic heterocycles. The fourth-order valence-electron chi connectivity index (χ4n) is 6.48. The number of aliphatic hydroxyl groups excluding tert-OH is 1. The second-order valence-corrected chi connectivity index (χ2v) is 19.0. The molecule has 6 rings (SSSR count). The summed E-state index contributed by atoms with van der Waals surface area (Å²) in [6, 6.07) is 1.62. The summed E-state index contributed by atoms with van der Waals surface area (Å²) in [5.74, 6) is -0.412. The maximum Gasteiger partial charge on any atom is 0.386 e. The van der Waals surface area contributed by atoms with Crippen molar-refractivity contribution in [2.75, 3.05) is 32.1 Å². The number of anilines is 1. The predicted octanol–water partition coefficient (Wildman–Crippen LogP) is 2.06. The first-order chi connectivity index (χ1) is 24.1. The zero-order chi connectivity index (χ0) is 36.6. The summed E-state index contributed by atoms with van der Waals surface area (Å²) in [7, 11) is 1.78. The number of carbonyl (C=O) groups excluding carboxylic acids is 1. The van der Waals surface area contributed by atoms with Gasteiger partial charge in [0, 0.05) is 31.6 Å². The number of H-pyrrole nitrogens is 1. The van der Waals surface area contributed by atoms with Crippen molar-refractivity contribution in [1.29, 1.82) is 0 Å². The molecule has 1 amide bonds. The van der Waals surface area contributed by atoms with Crippen LogP contribution < -0.4 is 20.9 Å². The van der Waals surface area contributed by atoms with Crippen molar-refractivity contribution < 1.29 is 46.9 Å². The van der Waals surface area contributed by atoms with E-state index in [4.69, 9.17) is 39.4 Å². The highest BCUT2D eigenvalue weighted by Gasteiger charge is 2.50. The molecule has 0 aromatic carbocycles. The molecule has 0 spiro atoms. The van der Waals surface area contributed by atoms with Gasteiger partial charge in [0.25, 0.3) is 5.56 Å². The molecule has 1 saturated carbocycles. The summed E-state index contributed by atoms with van der Waals surface area (Å²) in [6.45, 7) is -4.23. The van der Waals surface area contributed by atoms with E-state index in [0.29, 0.717) is 31.7 Å². The fraction of sp³-hybridized carbons (Fsp3) is 0.643. The number of carbonyl (C=O) groups is 1. The monoisotopic (exact) mass is 790 g/mol. The molecule has 280 valence electrons. The topological polar surface area (TPSA) is 243 Å². The molecule has 3 aliphatic rings. The molecule has 5 N–H and O–H groups in total. The highest BCUT2D eigenvalue weighted by molar-refractivity contribution is 8.44. The number of hydrogen-bond acceptors (Lipinski definition) is 16. The zero-order valence-corrected chi connectivity index (χ0v) is 31.4. The molecule has 2 unspecified atom stereocenters. The van der Waals surface area contributed by atoms with Crippen LogP contribution in [0.15, 0.2) is 29.7 Å². The SMILES string of the molecule is CNCC(C)(C)CC(=O)Nc1nc2c(ncn2[C@@H]2O[C@@H]3COP(O)(=S)O[C@H]4C[C@H](Oc5ccncn5)C[C@@H]4CCOP(=O)(S)O[C@@H]2[C@@H]3O)c(=O)[nH]1. The number of aromatic nitrogens is 6. The number of amides is 1. The molecule has 0 radical (unpaired) electrons. The van der Waals surface area contributed by atoms with Crippen LogP contribution in [-0.4, -0.2) is 103 Å². The molecule has 19 nitrogen and oxygen atoms in total. The Morgan fingerprint density at radius 2 is 2.06 bits per heavy atom. The van der Waals surface area contributed by atoms with Crippen molar-refractivity contribution in [3.63, 3.8) is 0 Å². The zero-order valence-electron chi connectivity index (χ0n) is 27.9. The van der Waals surface area contributed by atoms with Crippen molar-refractivity contribution in [2.45, 2.75) is 76.3 Å². The number of rotatable bonds is 8. The highest BCUT2D eigenvalue weighted by Crippen LogP contribution is 2.58. The van der Waals surface area contributed by atoms with E-state index in [1.165, 1.54) is 17.2 Å². The first-order valence-corrected chi connectivity index (χ1v) is 21.4. The maximum absolute atomic E-state index is 13.6. The summed E-state index contributed by atoms with van der Waals surface area (Å²) in [6.07, 6.45) is -1.04. The van der Waals surface area contributed by atoms with Gasteiger partial charge in [-0.1, -0.05) is 26.1 Å². The lowest BCUT2D eigenvalue weighted by Crippen LogP contribution is -2.35. The average molecular weight is 791 g/mol. The third-order valence-electron chi connectivity index (χ3n) is 8.67. The normalized spacial score (nSPS) is 33.4. The van der Waals surface area contributed by atoms with Gasteiger partial charge in [-0.25, -0.2) is 19.5 Å². The number of thiol groups is 1. The lowest BCUT2D eigenvalue weighted by molar-refractivity contribution is -0.118. The van der Waals surface area contributed by atoms with Crippen molar-refractivity contribution in [2.24, 2.45) is 11.3 Å². The van der Waals surface area contributed by atoms with E-state index in [2.05, 4.69) is 47.8 Å².